The fraction of sp³-hybridized carbons (Fsp3) is 0.0833. The van der Waals surface area contributed by atoms with Crippen molar-refractivity contribution in [2.45, 2.75) is 6.54 Å². The van der Waals surface area contributed by atoms with Crippen molar-refractivity contribution in [2.24, 2.45) is 0 Å². The summed E-state index contributed by atoms with van der Waals surface area (Å²) in [5.74, 6) is -1.63. The van der Waals surface area contributed by atoms with E-state index in [0.717, 1.165) is 11.3 Å². The maximum Gasteiger partial charge on any atom is 0.355 e. The fourth-order valence-electron chi connectivity index (χ4n) is 1.51. The molecule has 9 heteroatoms. The van der Waals surface area contributed by atoms with Crippen molar-refractivity contribution >= 4 is 28.9 Å². The van der Waals surface area contributed by atoms with Crippen LogP contribution in [-0.2, 0) is 6.54 Å². The molecule has 0 atom stereocenters. The minimum absolute atomic E-state index is 0.0550. The predicted molar refractivity (Wildman–Crippen MR) is 73.3 cm³/mol. The second-order valence-electron chi connectivity index (χ2n) is 3.92. The van der Waals surface area contributed by atoms with Crippen LogP contribution in [0.3, 0.4) is 0 Å². The molecule has 108 valence electrons. The van der Waals surface area contributed by atoms with E-state index in [1.807, 2.05) is 0 Å². The van der Waals surface area contributed by atoms with Crippen LogP contribution in [0.15, 0.2) is 29.6 Å². The molecule has 0 saturated carbocycles. The number of rotatable bonds is 5. The zero-order valence-electron chi connectivity index (χ0n) is 10.5. The van der Waals surface area contributed by atoms with E-state index in [2.05, 4.69) is 10.3 Å². The van der Waals surface area contributed by atoms with Gasteiger partial charge in [0.25, 0.3) is 11.6 Å². The average Bonchev–Trinajstić information content (AvgIpc) is 2.94. The summed E-state index contributed by atoms with van der Waals surface area (Å²) in [6, 6.07) is 5.32. The highest BCUT2D eigenvalue weighted by Gasteiger charge is 2.13. The number of hydrogen-bond donors (Lipinski definition) is 2. The zero-order chi connectivity index (χ0) is 15.4. The Balaban J connectivity index is 2.02. The van der Waals surface area contributed by atoms with Gasteiger partial charge in [0.05, 0.1) is 11.5 Å². The van der Waals surface area contributed by atoms with E-state index >= 15 is 0 Å². The Labute approximate surface area is 122 Å². The molecule has 0 radical (unpaired) electrons. The molecule has 0 fully saturated rings. The molecule has 0 saturated heterocycles. The molecule has 1 aromatic heterocycles. The van der Waals surface area contributed by atoms with Crippen LogP contribution in [0.5, 0.6) is 0 Å². The number of hydrogen-bond acceptors (Lipinski definition) is 6. The Morgan fingerprint density at radius 1 is 1.43 bits per heavy atom. The van der Waals surface area contributed by atoms with Crippen LogP contribution in [0.4, 0.5) is 5.69 Å². The molecule has 0 aliphatic rings. The van der Waals surface area contributed by atoms with E-state index < -0.39 is 16.8 Å². The predicted octanol–water partition coefficient (Wildman–Crippen LogP) is 1.68. The lowest BCUT2D eigenvalue weighted by atomic mass is 10.2. The van der Waals surface area contributed by atoms with Gasteiger partial charge in [-0.15, -0.1) is 11.3 Å². The summed E-state index contributed by atoms with van der Waals surface area (Å²) >= 11 is 1.11. The van der Waals surface area contributed by atoms with Crippen molar-refractivity contribution in [3.8, 4) is 0 Å². The number of non-ortho nitro benzene ring substituents is 1. The molecule has 1 heterocycles. The quantitative estimate of drug-likeness (QED) is 0.640. The highest BCUT2D eigenvalue weighted by atomic mass is 32.1. The molecule has 0 aliphatic carbocycles. The molecule has 0 aliphatic heterocycles. The molecule has 2 N–H and O–H groups in total. The first-order chi connectivity index (χ1) is 9.97. The Morgan fingerprint density at radius 3 is 2.81 bits per heavy atom. The lowest BCUT2D eigenvalue weighted by Gasteiger charge is -2.02. The summed E-state index contributed by atoms with van der Waals surface area (Å²) in [6.45, 7) is 0.0550. The molecule has 8 nitrogen and oxygen atoms in total. The van der Waals surface area contributed by atoms with Gasteiger partial charge >= 0.3 is 5.97 Å². The van der Waals surface area contributed by atoms with Gasteiger partial charge in [0.15, 0.2) is 5.69 Å². The number of aromatic carboxylic acids is 1. The smallest absolute Gasteiger partial charge is 0.355 e. The van der Waals surface area contributed by atoms with Crippen molar-refractivity contribution in [3.63, 3.8) is 0 Å². The maximum absolute atomic E-state index is 11.9. The molecule has 2 aromatic rings. The number of carboxylic acid groups (broad SMARTS) is 1. The van der Waals surface area contributed by atoms with E-state index in [1.54, 1.807) is 0 Å². The van der Waals surface area contributed by atoms with Crippen molar-refractivity contribution in [1.82, 2.24) is 10.3 Å². The molecule has 0 unspecified atom stereocenters. The number of nitrogens with one attached hydrogen (secondary N) is 1. The first kappa shape index (κ1) is 14.6. The third-order valence-corrected chi connectivity index (χ3v) is 3.34. The SMILES string of the molecule is O=C(NCc1nc(C(=O)O)cs1)c1cccc([N+](=O)[O-])c1. The molecular weight excluding hydrogens is 298 g/mol. The lowest BCUT2D eigenvalue weighted by Crippen LogP contribution is -2.22. The van der Waals surface area contributed by atoms with Gasteiger partial charge in [0.1, 0.15) is 5.01 Å². The van der Waals surface area contributed by atoms with Crippen molar-refractivity contribution in [2.75, 3.05) is 0 Å². The second-order valence-corrected chi connectivity index (χ2v) is 4.86. The summed E-state index contributed by atoms with van der Waals surface area (Å²) in [6.07, 6.45) is 0. The normalized spacial score (nSPS) is 10.1. The molecule has 1 aromatic carbocycles. The lowest BCUT2D eigenvalue weighted by molar-refractivity contribution is -0.384. The third kappa shape index (κ3) is 3.60. The van der Waals surface area contributed by atoms with E-state index in [-0.39, 0.29) is 23.5 Å². The molecular formula is C12H9N3O5S. The maximum atomic E-state index is 11.9. The minimum Gasteiger partial charge on any atom is -0.476 e. The Bertz CT molecular complexity index is 712. The van der Waals surface area contributed by atoms with E-state index in [4.69, 9.17) is 5.11 Å². The van der Waals surface area contributed by atoms with Crippen LogP contribution in [0.25, 0.3) is 0 Å². The average molecular weight is 307 g/mol. The van der Waals surface area contributed by atoms with Gasteiger partial charge in [-0.2, -0.15) is 0 Å². The van der Waals surface area contributed by atoms with Gasteiger partial charge in [-0.1, -0.05) is 6.07 Å². The number of nitro benzene ring substituents is 1. The third-order valence-electron chi connectivity index (χ3n) is 2.49. The van der Waals surface area contributed by atoms with Crippen LogP contribution >= 0.6 is 11.3 Å². The van der Waals surface area contributed by atoms with Crippen molar-refractivity contribution in [3.05, 3.63) is 56.0 Å². The van der Waals surface area contributed by atoms with Crippen LogP contribution < -0.4 is 5.32 Å². The molecule has 0 bridgehead atoms. The van der Waals surface area contributed by atoms with Gasteiger partial charge in [-0.25, -0.2) is 9.78 Å². The van der Waals surface area contributed by atoms with Crippen LogP contribution in [0.2, 0.25) is 0 Å². The number of carboxylic acids is 1. The number of carbonyl (C=O) groups excluding carboxylic acids is 1. The highest BCUT2D eigenvalue weighted by molar-refractivity contribution is 7.09. The van der Waals surface area contributed by atoms with E-state index in [9.17, 15) is 19.7 Å². The molecule has 0 spiro atoms. The van der Waals surface area contributed by atoms with Gasteiger partial charge in [-0.3, -0.25) is 14.9 Å². The second kappa shape index (κ2) is 6.09. The van der Waals surface area contributed by atoms with Crippen LogP contribution in [0.1, 0.15) is 25.9 Å². The van der Waals surface area contributed by atoms with Crippen LogP contribution in [-0.4, -0.2) is 26.9 Å². The molecule has 1 amide bonds. The fourth-order valence-corrected chi connectivity index (χ4v) is 2.22. The topological polar surface area (TPSA) is 122 Å². The molecule has 21 heavy (non-hydrogen) atoms. The van der Waals surface area contributed by atoms with Crippen LogP contribution in [0, 0.1) is 10.1 Å². The van der Waals surface area contributed by atoms with E-state index in [0.29, 0.717) is 5.01 Å². The Hall–Kier alpha value is -2.81. The largest absolute Gasteiger partial charge is 0.476 e. The Kier molecular flexibility index (Phi) is 4.24. The monoisotopic (exact) mass is 307 g/mol. The van der Waals surface area contributed by atoms with Gasteiger partial charge < -0.3 is 10.4 Å². The van der Waals surface area contributed by atoms with Gasteiger partial charge in [0.2, 0.25) is 0 Å². The zero-order valence-corrected chi connectivity index (χ0v) is 11.3. The number of thiazole rings is 1. The summed E-state index contributed by atoms with van der Waals surface area (Å²) in [5, 5.41) is 23.7. The number of aromatic nitrogens is 1. The number of carbonyl (C=O) groups is 2. The first-order valence-corrected chi connectivity index (χ1v) is 6.55. The minimum atomic E-state index is -1.14. The molecule has 2 rings (SSSR count). The van der Waals surface area contributed by atoms with Crippen molar-refractivity contribution in [1.29, 1.82) is 0 Å². The van der Waals surface area contributed by atoms with Crippen molar-refractivity contribution < 1.29 is 19.6 Å². The first-order valence-electron chi connectivity index (χ1n) is 5.67. The summed E-state index contributed by atoms with van der Waals surface area (Å²) in [5.41, 5.74) is -0.108. The summed E-state index contributed by atoms with van der Waals surface area (Å²) in [4.78, 5) is 36.4. The number of amides is 1. The number of nitrogens with zero attached hydrogens (tertiary/aromatic N) is 2. The number of nitro groups is 1. The summed E-state index contributed by atoms with van der Waals surface area (Å²) in [7, 11) is 0. The number of benzene rings is 1. The summed E-state index contributed by atoms with van der Waals surface area (Å²) < 4.78 is 0. The highest BCUT2D eigenvalue weighted by Crippen LogP contribution is 2.14. The van der Waals surface area contributed by atoms with Gasteiger partial charge in [0, 0.05) is 23.1 Å². The Morgan fingerprint density at radius 2 is 2.19 bits per heavy atom. The standard InChI is InChI=1S/C12H9N3O5S/c16-11(7-2-1-3-8(4-7)15(19)20)13-5-10-14-9(6-21-10)12(17)18/h1-4,6H,5H2,(H,13,16)(H,17,18). The van der Waals surface area contributed by atoms with E-state index in [1.165, 1.54) is 29.6 Å². The van der Waals surface area contributed by atoms with Gasteiger partial charge in [-0.05, 0) is 6.07 Å².